The van der Waals surface area contributed by atoms with Crippen molar-refractivity contribution in [3.63, 3.8) is 0 Å². The summed E-state index contributed by atoms with van der Waals surface area (Å²) < 4.78 is 16.1. The number of para-hydroxylation sites is 2. The maximum absolute atomic E-state index is 14.0. The first-order chi connectivity index (χ1) is 12.9. The van der Waals surface area contributed by atoms with Crippen molar-refractivity contribution in [2.45, 2.75) is 26.3 Å². The molecule has 27 heavy (non-hydrogen) atoms. The average molecular weight is 369 g/mol. The zero-order valence-corrected chi connectivity index (χ0v) is 15.1. The Kier molecular flexibility index (Phi) is 5.21. The van der Waals surface area contributed by atoms with Crippen LogP contribution in [-0.4, -0.2) is 33.1 Å². The molecular formula is C20H20FN3O3. The normalized spacial score (nSPS) is 11.1. The molecule has 2 N–H and O–H groups in total. The van der Waals surface area contributed by atoms with Gasteiger partial charge in [-0.1, -0.05) is 12.1 Å². The number of carboxylic acid groups (broad SMARTS) is 1. The van der Waals surface area contributed by atoms with E-state index in [4.69, 9.17) is 5.11 Å². The molecule has 0 aliphatic carbocycles. The Morgan fingerprint density at radius 3 is 2.63 bits per heavy atom. The Labute approximate surface area is 155 Å². The lowest BCUT2D eigenvalue weighted by Gasteiger charge is -2.13. The number of hydrogen-bond acceptors (Lipinski definition) is 3. The van der Waals surface area contributed by atoms with Crippen molar-refractivity contribution in [1.82, 2.24) is 14.9 Å². The molecule has 1 amide bonds. The molecular weight excluding hydrogens is 349 g/mol. The van der Waals surface area contributed by atoms with Crippen LogP contribution in [0.2, 0.25) is 0 Å². The molecule has 0 radical (unpaired) electrons. The molecule has 1 aromatic heterocycles. The molecule has 140 valence electrons. The van der Waals surface area contributed by atoms with Crippen molar-refractivity contribution >= 4 is 22.9 Å². The summed E-state index contributed by atoms with van der Waals surface area (Å²) >= 11 is 0. The fourth-order valence-corrected chi connectivity index (χ4v) is 3.06. The molecule has 3 rings (SSSR count). The molecule has 1 heterocycles. The van der Waals surface area contributed by atoms with Crippen LogP contribution in [0.3, 0.4) is 0 Å². The number of imidazole rings is 1. The largest absolute Gasteiger partial charge is 0.478 e. The maximum atomic E-state index is 14.0. The monoisotopic (exact) mass is 369 g/mol. The Morgan fingerprint density at radius 2 is 1.96 bits per heavy atom. The second-order valence-corrected chi connectivity index (χ2v) is 6.49. The number of carbonyl (C=O) groups excluding carboxylic acids is 1. The molecule has 0 bridgehead atoms. The van der Waals surface area contributed by atoms with Crippen molar-refractivity contribution in [3.8, 4) is 0 Å². The standard InChI is InChI=1S/C20H20FN3O3/c1-12(2)24-17-6-4-3-5-16(17)23-18(24)9-10-22-19(25)14-8-7-13(20(26)27)11-15(14)21/h3-8,11-12H,9-10H2,1-2H3,(H,22,25)(H,26,27). The second kappa shape index (κ2) is 7.57. The minimum absolute atomic E-state index is 0.183. The zero-order chi connectivity index (χ0) is 19.6. The number of benzene rings is 2. The average Bonchev–Trinajstić information content (AvgIpc) is 2.99. The molecule has 0 fully saturated rings. The molecule has 0 atom stereocenters. The molecule has 0 aliphatic heterocycles. The van der Waals surface area contributed by atoms with Gasteiger partial charge in [-0.3, -0.25) is 4.79 Å². The van der Waals surface area contributed by atoms with Crippen LogP contribution in [0.5, 0.6) is 0 Å². The number of amides is 1. The topological polar surface area (TPSA) is 84.2 Å². The molecule has 0 unspecified atom stereocenters. The number of aromatic carboxylic acids is 1. The second-order valence-electron chi connectivity index (χ2n) is 6.49. The highest BCUT2D eigenvalue weighted by atomic mass is 19.1. The van der Waals surface area contributed by atoms with E-state index in [1.807, 2.05) is 24.3 Å². The Morgan fingerprint density at radius 1 is 1.22 bits per heavy atom. The van der Waals surface area contributed by atoms with Gasteiger partial charge in [-0.2, -0.15) is 0 Å². The van der Waals surface area contributed by atoms with Gasteiger partial charge in [0.05, 0.1) is 22.2 Å². The van der Waals surface area contributed by atoms with Gasteiger partial charge in [0.15, 0.2) is 0 Å². The van der Waals surface area contributed by atoms with Crippen LogP contribution in [-0.2, 0) is 6.42 Å². The van der Waals surface area contributed by atoms with E-state index in [-0.39, 0.29) is 23.7 Å². The summed E-state index contributed by atoms with van der Waals surface area (Å²) in [5.74, 6) is -1.85. The van der Waals surface area contributed by atoms with Crippen LogP contribution in [0.4, 0.5) is 4.39 Å². The number of hydrogen-bond donors (Lipinski definition) is 2. The number of aromatic nitrogens is 2. The minimum Gasteiger partial charge on any atom is -0.478 e. The van der Waals surface area contributed by atoms with Gasteiger partial charge >= 0.3 is 5.97 Å². The van der Waals surface area contributed by atoms with Crippen LogP contribution < -0.4 is 5.32 Å². The van der Waals surface area contributed by atoms with Gasteiger partial charge in [-0.15, -0.1) is 0 Å². The molecule has 2 aromatic carbocycles. The Bertz CT molecular complexity index is 1010. The van der Waals surface area contributed by atoms with Crippen molar-refractivity contribution in [2.75, 3.05) is 6.54 Å². The van der Waals surface area contributed by atoms with E-state index in [1.165, 1.54) is 12.1 Å². The number of nitrogens with one attached hydrogen (secondary N) is 1. The number of halogens is 1. The number of carbonyl (C=O) groups is 2. The molecule has 0 spiro atoms. The van der Waals surface area contributed by atoms with Crippen LogP contribution in [0.25, 0.3) is 11.0 Å². The van der Waals surface area contributed by atoms with E-state index in [1.54, 1.807) is 0 Å². The summed E-state index contributed by atoms with van der Waals surface area (Å²) in [5.41, 5.74) is 1.54. The van der Waals surface area contributed by atoms with E-state index in [0.717, 1.165) is 22.9 Å². The molecule has 0 aliphatic rings. The first-order valence-corrected chi connectivity index (χ1v) is 8.65. The van der Waals surface area contributed by atoms with Gasteiger partial charge in [0, 0.05) is 19.0 Å². The highest BCUT2D eigenvalue weighted by Crippen LogP contribution is 2.21. The summed E-state index contributed by atoms with van der Waals surface area (Å²) in [6.45, 7) is 4.42. The van der Waals surface area contributed by atoms with Gasteiger partial charge in [0.2, 0.25) is 0 Å². The number of carboxylic acids is 1. The van der Waals surface area contributed by atoms with Crippen LogP contribution >= 0.6 is 0 Å². The molecule has 0 saturated carbocycles. The van der Waals surface area contributed by atoms with Gasteiger partial charge < -0.3 is 15.0 Å². The fraction of sp³-hybridized carbons (Fsp3) is 0.250. The van der Waals surface area contributed by atoms with E-state index in [0.29, 0.717) is 6.42 Å². The summed E-state index contributed by atoms with van der Waals surface area (Å²) in [5, 5.41) is 11.5. The van der Waals surface area contributed by atoms with Gasteiger partial charge in [0.25, 0.3) is 5.91 Å². The highest BCUT2D eigenvalue weighted by molar-refractivity contribution is 5.96. The van der Waals surface area contributed by atoms with Crippen LogP contribution in [0, 0.1) is 5.82 Å². The minimum atomic E-state index is -1.24. The quantitative estimate of drug-likeness (QED) is 0.697. The van der Waals surface area contributed by atoms with E-state index in [9.17, 15) is 14.0 Å². The molecule has 7 heteroatoms. The highest BCUT2D eigenvalue weighted by Gasteiger charge is 2.16. The number of rotatable bonds is 6. The third-order valence-corrected chi connectivity index (χ3v) is 4.28. The maximum Gasteiger partial charge on any atom is 0.335 e. The SMILES string of the molecule is CC(C)n1c(CCNC(=O)c2ccc(C(=O)O)cc2F)nc2ccccc21. The smallest absolute Gasteiger partial charge is 0.335 e. The predicted octanol–water partition coefficient (Wildman–Crippen LogP) is 3.43. The van der Waals surface area contributed by atoms with Gasteiger partial charge in [-0.05, 0) is 44.2 Å². The Balaban J connectivity index is 1.71. The third-order valence-electron chi connectivity index (χ3n) is 4.28. The van der Waals surface area contributed by atoms with Gasteiger partial charge in [0.1, 0.15) is 11.6 Å². The molecule has 0 saturated heterocycles. The lowest BCUT2D eigenvalue weighted by atomic mass is 10.1. The van der Waals surface area contributed by atoms with Crippen molar-refractivity contribution in [1.29, 1.82) is 0 Å². The van der Waals surface area contributed by atoms with Crippen molar-refractivity contribution < 1.29 is 19.1 Å². The van der Waals surface area contributed by atoms with Crippen molar-refractivity contribution in [3.05, 3.63) is 65.2 Å². The summed E-state index contributed by atoms with van der Waals surface area (Å²) in [6.07, 6.45) is 0.493. The van der Waals surface area contributed by atoms with Crippen LogP contribution in [0.1, 0.15) is 46.4 Å². The Hall–Kier alpha value is -3.22. The number of nitrogens with zero attached hydrogens (tertiary/aromatic N) is 2. The van der Waals surface area contributed by atoms with Gasteiger partial charge in [-0.25, -0.2) is 14.2 Å². The molecule has 3 aromatic rings. The van der Waals surface area contributed by atoms with E-state index >= 15 is 0 Å². The zero-order valence-electron chi connectivity index (χ0n) is 15.1. The third kappa shape index (κ3) is 3.81. The number of fused-ring (bicyclic) bond motifs is 1. The van der Waals surface area contributed by atoms with Crippen molar-refractivity contribution in [2.24, 2.45) is 0 Å². The van der Waals surface area contributed by atoms with E-state index < -0.39 is 17.7 Å². The predicted molar refractivity (Wildman–Crippen MR) is 99.5 cm³/mol. The first-order valence-electron chi connectivity index (χ1n) is 8.65. The summed E-state index contributed by atoms with van der Waals surface area (Å²) in [6, 6.07) is 11.3. The molecule has 6 nitrogen and oxygen atoms in total. The van der Waals surface area contributed by atoms with E-state index in [2.05, 4.69) is 28.7 Å². The fourth-order valence-electron chi connectivity index (χ4n) is 3.06. The lowest BCUT2D eigenvalue weighted by Crippen LogP contribution is -2.27. The summed E-state index contributed by atoms with van der Waals surface area (Å²) in [4.78, 5) is 27.7. The lowest BCUT2D eigenvalue weighted by molar-refractivity contribution is 0.0695. The van der Waals surface area contributed by atoms with Crippen LogP contribution in [0.15, 0.2) is 42.5 Å². The summed E-state index contributed by atoms with van der Waals surface area (Å²) in [7, 11) is 0. The first kappa shape index (κ1) is 18.6.